The van der Waals surface area contributed by atoms with E-state index in [1.54, 1.807) is 11.9 Å². The zero-order chi connectivity index (χ0) is 10.3. The first kappa shape index (κ1) is 12.2. The smallest absolute Gasteiger partial charge is 0.317 e. The van der Waals surface area contributed by atoms with E-state index < -0.39 is 0 Å². The van der Waals surface area contributed by atoms with Gasteiger partial charge in [0.25, 0.3) is 0 Å². The van der Waals surface area contributed by atoms with Gasteiger partial charge >= 0.3 is 6.03 Å². The number of nitrogens with zero attached hydrogens (tertiary/aromatic N) is 1. The Morgan fingerprint density at radius 3 is 2.38 bits per heavy atom. The summed E-state index contributed by atoms with van der Waals surface area (Å²) in [6.07, 6.45) is -0.380. The second-order valence-electron chi connectivity index (χ2n) is 2.60. The molecule has 0 heterocycles. The van der Waals surface area contributed by atoms with Crippen LogP contribution in [0, 0.1) is 0 Å². The molecular formula is C8H18N2O3. The minimum absolute atomic E-state index is 0.124. The van der Waals surface area contributed by atoms with Gasteiger partial charge in [-0.3, -0.25) is 0 Å². The Kier molecular flexibility index (Phi) is 6.26. The molecule has 2 amide bonds. The predicted molar refractivity (Wildman–Crippen MR) is 49.5 cm³/mol. The van der Waals surface area contributed by atoms with Crippen LogP contribution in [-0.4, -0.2) is 51.6 Å². The van der Waals surface area contributed by atoms with Gasteiger partial charge in [0, 0.05) is 27.8 Å². The summed E-state index contributed by atoms with van der Waals surface area (Å²) in [5, 5.41) is 2.67. The van der Waals surface area contributed by atoms with Gasteiger partial charge in [-0.15, -0.1) is 0 Å². The number of urea groups is 1. The van der Waals surface area contributed by atoms with Crippen LogP contribution >= 0.6 is 0 Å². The van der Waals surface area contributed by atoms with Crippen LogP contribution in [0.15, 0.2) is 0 Å². The Hall–Kier alpha value is -0.810. The molecule has 0 aromatic heterocycles. The molecule has 0 fully saturated rings. The fourth-order valence-corrected chi connectivity index (χ4v) is 0.712. The van der Waals surface area contributed by atoms with Gasteiger partial charge in [-0.1, -0.05) is 0 Å². The third kappa shape index (κ3) is 4.69. The molecule has 0 bridgehead atoms. The van der Waals surface area contributed by atoms with Crippen LogP contribution in [0.3, 0.4) is 0 Å². The Balaban J connectivity index is 3.68. The van der Waals surface area contributed by atoms with Gasteiger partial charge in [0.1, 0.15) is 0 Å². The van der Waals surface area contributed by atoms with Gasteiger partial charge in [0.15, 0.2) is 6.29 Å². The highest BCUT2D eigenvalue weighted by atomic mass is 16.7. The maximum atomic E-state index is 11.2. The molecule has 0 saturated heterocycles. The zero-order valence-corrected chi connectivity index (χ0v) is 8.66. The van der Waals surface area contributed by atoms with Crippen LogP contribution in [-0.2, 0) is 9.47 Å². The highest BCUT2D eigenvalue weighted by molar-refractivity contribution is 5.73. The number of rotatable bonds is 5. The van der Waals surface area contributed by atoms with Gasteiger partial charge in [-0.25, -0.2) is 4.79 Å². The van der Waals surface area contributed by atoms with Crippen molar-refractivity contribution in [2.75, 3.05) is 34.4 Å². The van der Waals surface area contributed by atoms with E-state index in [-0.39, 0.29) is 12.3 Å². The number of carbonyl (C=O) groups is 1. The van der Waals surface area contributed by atoms with Crippen LogP contribution in [0.4, 0.5) is 4.79 Å². The second kappa shape index (κ2) is 6.68. The molecule has 0 unspecified atom stereocenters. The largest absolute Gasteiger partial charge is 0.354 e. The number of hydrogen-bond acceptors (Lipinski definition) is 3. The first-order valence-corrected chi connectivity index (χ1v) is 4.20. The molecule has 0 saturated carbocycles. The van der Waals surface area contributed by atoms with Gasteiger partial charge < -0.3 is 19.7 Å². The van der Waals surface area contributed by atoms with E-state index in [1.165, 1.54) is 14.2 Å². The molecular weight excluding hydrogens is 172 g/mol. The molecule has 5 heteroatoms. The third-order valence-corrected chi connectivity index (χ3v) is 1.77. The summed E-state index contributed by atoms with van der Waals surface area (Å²) in [4.78, 5) is 12.8. The average molecular weight is 190 g/mol. The Bertz CT molecular complexity index is 148. The fourth-order valence-electron chi connectivity index (χ4n) is 0.712. The van der Waals surface area contributed by atoms with E-state index in [0.717, 1.165) is 0 Å². The van der Waals surface area contributed by atoms with E-state index in [4.69, 9.17) is 9.47 Å². The van der Waals surface area contributed by atoms with Gasteiger partial charge in [-0.05, 0) is 6.92 Å². The number of ether oxygens (including phenoxy) is 2. The quantitative estimate of drug-likeness (QED) is 0.633. The van der Waals surface area contributed by atoms with Crippen molar-refractivity contribution in [3.63, 3.8) is 0 Å². The summed E-state index contributed by atoms with van der Waals surface area (Å²) in [7, 11) is 4.79. The molecule has 0 aliphatic heterocycles. The van der Waals surface area contributed by atoms with Gasteiger partial charge in [0.05, 0.1) is 6.54 Å². The van der Waals surface area contributed by atoms with Crippen molar-refractivity contribution < 1.29 is 14.3 Å². The number of amides is 2. The molecule has 0 aliphatic rings. The first-order chi connectivity index (χ1) is 6.15. The lowest BCUT2D eigenvalue weighted by Crippen LogP contribution is -2.41. The lowest BCUT2D eigenvalue weighted by Gasteiger charge is -2.18. The van der Waals surface area contributed by atoms with Crippen LogP contribution in [0.2, 0.25) is 0 Å². The highest BCUT2D eigenvalue weighted by Crippen LogP contribution is 1.89. The molecule has 0 aromatic rings. The maximum absolute atomic E-state index is 11.2. The lowest BCUT2D eigenvalue weighted by atomic mass is 10.6. The van der Waals surface area contributed by atoms with Crippen molar-refractivity contribution in [1.82, 2.24) is 10.2 Å². The van der Waals surface area contributed by atoms with E-state index in [0.29, 0.717) is 13.1 Å². The number of methoxy groups -OCH3 is 2. The molecule has 0 aromatic carbocycles. The number of carbonyl (C=O) groups excluding carboxylic acids is 1. The van der Waals surface area contributed by atoms with Crippen molar-refractivity contribution in [3.8, 4) is 0 Å². The summed E-state index contributed by atoms with van der Waals surface area (Å²) in [5.41, 5.74) is 0. The van der Waals surface area contributed by atoms with Crippen molar-refractivity contribution in [2.24, 2.45) is 0 Å². The number of nitrogens with one attached hydrogen (secondary N) is 1. The molecule has 0 spiro atoms. The van der Waals surface area contributed by atoms with Crippen LogP contribution in [0.1, 0.15) is 6.92 Å². The average Bonchev–Trinajstić information content (AvgIpc) is 2.17. The van der Waals surface area contributed by atoms with Gasteiger partial charge in [0.2, 0.25) is 0 Å². The minimum atomic E-state index is -0.380. The van der Waals surface area contributed by atoms with E-state index in [9.17, 15) is 4.79 Å². The van der Waals surface area contributed by atoms with E-state index >= 15 is 0 Å². The number of hydrogen-bond donors (Lipinski definition) is 1. The second-order valence-corrected chi connectivity index (χ2v) is 2.60. The topological polar surface area (TPSA) is 50.8 Å². The summed E-state index contributed by atoms with van der Waals surface area (Å²) in [5.74, 6) is 0. The first-order valence-electron chi connectivity index (χ1n) is 4.20. The van der Waals surface area contributed by atoms with Crippen molar-refractivity contribution in [3.05, 3.63) is 0 Å². The maximum Gasteiger partial charge on any atom is 0.317 e. The summed E-state index contributed by atoms with van der Waals surface area (Å²) in [6.45, 7) is 2.94. The van der Waals surface area contributed by atoms with E-state index in [2.05, 4.69) is 5.32 Å². The molecule has 0 atom stereocenters. The monoisotopic (exact) mass is 190 g/mol. The molecule has 0 radical (unpaired) electrons. The zero-order valence-electron chi connectivity index (χ0n) is 8.66. The normalized spacial score (nSPS) is 10.2. The van der Waals surface area contributed by atoms with Gasteiger partial charge in [-0.2, -0.15) is 0 Å². The lowest BCUT2D eigenvalue weighted by molar-refractivity contribution is -0.0974. The van der Waals surface area contributed by atoms with Crippen molar-refractivity contribution >= 4 is 6.03 Å². The minimum Gasteiger partial charge on any atom is -0.354 e. The SMILES string of the molecule is CCN(C)C(=O)NCC(OC)OC. The molecule has 78 valence electrons. The predicted octanol–water partition coefficient (Wildman–Crippen LogP) is 0.267. The van der Waals surface area contributed by atoms with Crippen LogP contribution in [0.5, 0.6) is 0 Å². The highest BCUT2D eigenvalue weighted by Gasteiger charge is 2.09. The Labute approximate surface area is 79.0 Å². The van der Waals surface area contributed by atoms with Crippen LogP contribution in [0.25, 0.3) is 0 Å². The standard InChI is InChI=1S/C8H18N2O3/c1-5-10(2)8(11)9-6-7(12-3)13-4/h7H,5-6H2,1-4H3,(H,9,11). The Morgan fingerprint density at radius 2 is 2.00 bits per heavy atom. The molecule has 5 nitrogen and oxygen atoms in total. The molecule has 13 heavy (non-hydrogen) atoms. The third-order valence-electron chi connectivity index (χ3n) is 1.77. The van der Waals surface area contributed by atoms with Crippen molar-refractivity contribution in [2.45, 2.75) is 13.2 Å². The fraction of sp³-hybridized carbons (Fsp3) is 0.875. The molecule has 0 aliphatic carbocycles. The molecule has 0 rings (SSSR count). The Morgan fingerprint density at radius 1 is 1.46 bits per heavy atom. The van der Waals surface area contributed by atoms with E-state index in [1.807, 2.05) is 6.92 Å². The van der Waals surface area contributed by atoms with Crippen molar-refractivity contribution in [1.29, 1.82) is 0 Å². The summed E-state index contributed by atoms with van der Waals surface area (Å²) >= 11 is 0. The van der Waals surface area contributed by atoms with Crippen LogP contribution < -0.4 is 5.32 Å². The summed E-state index contributed by atoms with van der Waals surface area (Å²) in [6, 6.07) is -0.124. The molecule has 1 N–H and O–H groups in total. The summed E-state index contributed by atoms with van der Waals surface area (Å²) < 4.78 is 9.82.